The smallest absolute Gasteiger partial charge is 0.217 e. The van der Waals surface area contributed by atoms with Crippen molar-refractivity contribution < 1.29 is 15.0 Å². The first kappa shape index (κ1) is 10.4. The van der Waals surface area contributed by atoms with Crippen molar-refractivity contribution >= 4 is 5.91 Å². The Balaban J connectivity index is 2.56. The van der Waals surface area contributed by atoms with E-state index in [-0.39, 0.29) is 5.91 Å². The van der Waals surface area contributed by atoms with Crippen molar-refractivity contribution in [2.75, 3.05) is 20.1 Å². The normalized spacial score (nSPS) is 35.8. The van der Waals surface area contributed by atoms with Gasteiger partial charge in [0.05, 0.1) is 18.2 Å². The van der Waals surface area contributed by atoms with E-state index >= 15 is 0 Å². The number of hydrogen-bond donors (Lipinski definition) is 3. The van der Waals surface area contributed by atoms with E-state index in [9.17, 15) is 15.0 Å². The van der Waals surface area contributed by atoms with Gasteiger partial charge in [0.1, 0.15) is 0 Å². The zero-order valence-corrected chi connectivity index (χ0v) is 7.90. The minimum absolute atomic E-state index is 0.229. The first-order valence-corrected chi connectivity index (χ1v) is 4.32. The summed E-state index contributed by atoms with van der Waals surface area (Å²) in [5.74, 6) is -0.229. The second-order valence-corrected chi connectivity index (χ2v) is 3.58. The van der Waals surface area contributed by atoms with Gasteiger partial charge >= 0.3 is 0 Å². The van der Waals surface area contributed by atoms with Gasteiger partial charge in [0.15, 0.2) is 0 Å². The molecule has 1 amide bonds. The van der Waals surface area contributed by atoms with E-state index in [1.807, 2.05) is 11.9 Å². The Morgan fingerprint density at radius 3 is 2.23 bits per heavy atom. The lowest BCUT2D eigenvalue weighted by Crippen LogP contribution is -2.60. The highest BCUT2D eigenvalue weighted by Gasteiger charge is 2.33. The summed E-state index contributed by atoms with van der Waals surface area (Å²) in [6.07, 6.45) is -1.39. The number of amides is 1. The Labute approximate surface area is 77.3 Å². The summed E-state index contributed by atoms with van der Waals surface area (Å²) in [7, 11) is 1.82. The second kappa shape index (κ2) is 4.04. The SMILES string of the molecule is CC(=O)N[C@@H]1[C@H](O)CN(C)C[C@@H]1O. The van der Waals surface area contributed by atoms with E-state index in [1.165, 1.54) is 6.92 Å². The molecule has 0 radical (unpaired) electrons. The number of hydrogen-bond acceptors (Lipinski definition) is 4. The number of rotatable bonds is 1. The van der Waals surface area contributed by atoms with Crippen LogP contribution in [0.5, 0.6) is 0 Å². The molecule has 1 fully saturated rings. The summed E-state index contributed by atoms with van der Waals surface area (Å²) in [6.45, 7) is 2.32. The summed E-state index contributed by atoms with van der Waals surface area (Å²) in [4.78, 5) is 12.6. The first-order chi connectivity index (χ1) is 6.00. The molecule has 3 N–H and O–H groups in total. The van der Waals surface area contributed by atoms with Gasteiger partial charge in [-0.2, -0.15) is 0 Å². The van der Waals surface area contributed by atoms with Gasteiger partial charge < -0.3 is 20.4 Å². The average Bonchev–Trinajstić information content (AvgIpc) is 1.96. The maximum atomic E-state index is 10.7. The van der Waals surface area contributed by atoms with Crippen molar-refractivity contribution in [3.63, 3.8) is 0 Å². The summed E-state index contributed by atoms with van der Waals surface area (Å²) in [6, 6.07) is -0.534. The van der Waals surface area contributed by atoms with Crippen LogP contribution >= 0.6 is 0 Å². The molecule has 1 heterocycles. The quantitative estimate of drug-likeness (QED) is 0.452. The van der Waals surface area contributed by atoms with E-state index in [0.29, 0.717) is 13.1 Å². The van der Waals surface area contributed by atoms with Gasteiger partial charge in [-0.3, -0.25) is 4.79 Å². The number of aliphatic hydroxyl groups excluding tert-OH is 2. The molecule has 1 rings (SSSR count). The summed E-state index contributed by atoms with van der Waals surface area (Å²) >= 11 is 0. The van der Waals surface area contributed by atoms with Crippen LogP contribution in [0.15, 0.2) is 0 Å². The molecule has 0 aromatic rings. The third kappa shape index (κ3) is 2.65. The molecule has 0 saturated carbocycles. The number of nitrogens with one attached hydrogen (secondary N) is 1. The Kier molecular flexibility index (Phi) is 3.24. The fraction of sp³-hybridized carbons (Fsp3) is 0.875. The third-order valence-electron chi connectivity index (χ3n) is 2.20. The lowest BCUT2D eigenvalue weighted by molar-refractivity contribution is -0.123. The molecule has 1 aliphatic heterocycles. The summed E-state index contributed by atoms with van der Waals surface area (Å²) in [5, 5.41) is 21.6. The first-order valence-electron chi connectivity index (χ1n) is 4.32. The highest BCUT2D eigenvalue weighted by Crippen LogP contribution is 2.10. The molecule has 0 bridgehead atoms. The van der Waals surface area contributed by atoms with Crippen molar-refractivity contribution in [2.24, 2.45) is 0 Å². The highest BCUT2D eigenvalue weighted by atomic mass is 16.3. The van der Waals surface area contributed by atoms with Crippen molar-refractivity contribution in [1.29, 1.82) is 0 Å². The molecule has 0 aliphatic carbocycles. The number of likely N-dealkylation sites (N-methyl/N-ethyl adjacent to an activating group) is 1. The van der Waals surface area contributed by atoms with E-state index in [1.54, 1.807) is 0 Å². The zero-order valence-electron chi connectivity index (χ0n) is 7.90. The van der Waals surface area contributed by atoms with Gasteiger partial charge in [-0.1, -0.05) is 0 Å². The molecule has 5 nitrogen and oxygen atoms in total. The Bertz CT molecular complexity index is 186. The van der Waals surface area contributed by atoms with Crippen molar-refractivity contribution in [3.8, 4) is 0 Å². The predicted molar refractivity (Wildman–Crippen MR) is 47.1 cm³/mol. The summed E-state index contributed by atoms with van der Waals surface area (Å²) in [5.41, 5.74) is 0. The Morgan fingerprint density at radius 2 is 1.85 bits per heavy atom. The number of likely N-dealkylation sites (tertiary alicyclic amines) is 1. The lowest BCUT2D eigenvalue weighted by atomic mass is 9.99. The van der Waals surface area contributed by atoms with E-state index in [0.717, 1.165) is 0 Å². The molecule has 0 unspecified atom stereocenters. The standard InChI is InChI=1S/C8H16N2O3/c1-5(11)9-8-6(12)3-10(2)4-7(8)13/h6-8,12-13H,3-4H2,1-2H3,(H,9,11)/t6-,7+,8-. The summed E-state index contributed by atoms with van der Waals surface area (Å²) < 4.78 is 0. The van der Waals surface area contributed by atoms with Gasteiger partial charge in [0, 0.05) is 20.0 Å². The second-order valence-electron chi connectivity index (χ2n) is 3.58. The van der Waals surface area contributed by atoms with Crippen molar-refractivity contribution in [2.45, 2.75) is 25.2 Å². The lowest BCUT2D eigenvalue weighted by Gasteiger charge is -2.37. The van der Waals surface area contributed by atoms with Crippen LogP contribution in [0.25, 0.3) is 0 Å². The fourth-order valence-electron chi connectivity index (χ4n) is 1.62. The molecule has 0 aromatic heterocycles. The van der Waals surface area contributed by atoms with Crippen LogP contribution in [0.3, 0.4) is 0 Å². The highest BCUT2D eigenvalue weighted by molar-refractivity contribution is 5.73. The molecular weight excluding hydrogens is 172 g/mol. The van der Waals surface area contributed by atoms with Gasteiger partial charge in [0.25, 0.3) is 0 Å². The Morgan fingerprint density at radius 1 is 1.38 bits per heavy atom. The van der Waals surface area contributed by atoms with Crippen LogP contribution in [0.4, 0.5) is 0 Å². The monoisotopic (exact) mass is 188 g/mol. The number of piperidine rings is 1. The number of β-amino-alcohol motifs (C(OH)–C–C–N with tert-alkyl or cyclic N) is 2. The van der Waals surface area contributed by atoms with Crippen LogP contribution in [0, 0.1) is 0 Å². The van der Waals surface area contributed by atoms with Crippen LogP contribution in [0.1, 0.15) is 6.92 Å². The van der Waals surface area contributed by atoms with Gasteiger partial charge in [-0.25, -0.2) is 0 Å². The maximum Gasteiger partial charge on any atom is 0.217 e. The third-order valence-corrected chi connectivity index (χ3v) is 2.20. The fourth-order valence-corrected chi connectivity index (χ4v) is 1.62. The maximum absolute atomic E-state index is 10.7. The topological polar surface area (TPSA) is 72.8 Å². The molecular formula is C8H16N2O3. The van der Waals surface area contributed by atoms with Crippen LogP contribution < -0.4 is 5.32 Å². The molecule has 5 heteroatoms. The molecule has 13 heavy (non-hydrogen) atoms. The van der Waals surface area contributed by atoms with E-state index in [2.05, 4.69) is 5.32 Å². The number of nitrogens with zero attached hydrogens (tertiary/aromatic N) is 1. The molecule has 0 aromatic carbocycles. The molecule has 3 atom stereocenters. The van der Waals surface area contributed by atoms with E-state index < -0.39 is 18.2 Å². The molecule has 76 valence electrons. The van der Waals surface area contributed by atoms with Crippen molar-refractivity contribution in [3.05, 3.63) is 0 Å². The molecule has 1 aliphatic rings. The zero-order chi connectivity index (χ0) is 10.0. The Hall–Kier alpha value is -0.650. The van der Waals surface area contributed by atoms with Gasteiger partial charge in [-0.15, -0.1) is 0 Å². The number of carbonyl (C=O) groups is 1. The van der Waals surface area contributed by atoms with E-state index in [4.69, 9.17) is 0 Å². The van der Waals surface area contributed by atoms with Crippen molar-refractivity contribution in [1.82, 2.24) is 10.2 Å². The minimum atomic E-state index is -0.697. The average molecular weight is 188 g/mol. The number of carbonyl (C=O) groups excluding carboxylic acids is 1. The number of aliphatic hydroxyl groups is 2. The largest absolute Gasteiger partial charge is 0.390 e. The van der Waals surface area contributed by atoms with Gasteiger partial charge in [0.2, 0.25) is 5.91 Å². The van der Waals surface area contributed by atoms with Gasteiger partial charge in [-0.05, 0) is 7.05 Å². The van der Waals surface area contributed by atoms with Crippen LogP contribution in [0.2, 0.25) is 0 Å². The van der Waals surface area contributed by atoms with Crippen LogP contribution in [-0.2, 0) is 4.79 Å². The predicted octanol–water partition coefficient (Wildman–Crippen LogP) is -1.84. The molecule has 1 saturated heterocycles. The molecule has 0 spiro atoms. The minimum Gasteiger partial charge on any atom is -0.390 e. The van der Waals surface area contributed by atoms with Crippen LogP contribution in [-0.4, -0.2) is 59.4 Å².